The van der Waals surface area contributed by atoms with E-state index < -0.39 is 0 Å². The van der Waals surface area contributed by atoms with Crippen LogP contribution in [0.25, 0.3) is 0 Å². The first-order chi connectivity index (χ1) is 8.74. The van der Waals surface area contributed by atoms with Crippen molar-refractivity contribution in [3.63, 3.8) is 0 Å². The van der Waals surface area contributed by atoms with Crippen molar-refractivity contribution in [1.82, 2.24) is 0 Å². The molecule has 90 valence electrons. The van der Waals surface area contributed by atoms with Crippen molar-refractivity contribution >= 4 is 11.4 Å². The molecule has 4 heteroatoms. The van der Waals surface area contributed by atoms with Crippen molar-refractivity contribution in [3.8, 4) is 0 Å². The van der Waals surface area contributed by atoms with E-state index in [1.165, 1.54) is 0 Å². The smallest absolute Gasteiger partial charge is 0.108 e. The summed E-state index contributed by atoms with van der Waals surface area (Å²) in [7, 11) is 0. The van der Waals surface area contributed by atoms with Crippen molar-refractivity contribution in [3.05, 3.63) is 69.5 Å². The van der Waals surface area contributed by atoms with Gasteiger partial charge in [0.2, 0.25) is 0 Å². The lowest BCUT2D eigenvalue weighted by Gasteiger charge is -2.12. The molecule has 2 aromatic carbocycles. The Balaban J connectivity index is 2.25. The number of nitroso groups, excluding NO2 is 2. The van der Waals surface area contributed by atoms with Crippen molar-refractivity contribution < 1.29 is 0 Å². The van der Waals surface area contributed by atoms with E-state index in [1.54, 1.807) is 24.3 Å². The van der Waals surface area contributed by atoms with Gasteiger partial charge in [0.1, 0.15) is 11.4 Å². The number of rotatable bonds is 4. The highest BCUT2D eigenvalue weighted by Crippen LogP contribution is 2.27. The Kier molecular flexibility index (Phi) is 3.57. The summed E-state index contributed by atoms with van der Waals surface area (Å²) in [4.78, 5) is 20.7. The highest BCUT2D eigenvalue weighted by molar-refractivity contribution is 5.44. The molecule has 4 nitrogen and oxygen atoms in total. The van der Waals surface area contributed by atoms with E-state index in [4.69, 9.17) is 0 Å². The maximum Gasteiger partial charge on any atom is 0.108 e. The monoisotopic (exact) mass is 240 g/mol. The Bertz CT molecular complexity index is 496. The van der Waals surface area contributed by atoms with Gasteiger partial charge in [0.05, 0.1) is 0 Å². The summed E-state index contributed by atoms with van der Waals surface area (Å²) < 4.78 is 0. The number of nitrogens with zero attached hydrogens (tertiary/aromatic N) is 2. The predicted molar refractivity (Wildman–Crippen MR) is 71.3 cm³/mol. The van der Waals surface area contributed by atoms with E-state index in [0.717, 1.165) is 11.1 Å². The molecule has 0 N–H and O–H groups in total. The molecule has 0 aliphatic carbocycles. The Morgan fingerprint density at radius 2 is 1.06 bits per heavy atom. The third-order valence-electron chi connectivity index (χ3n) is 3.00. The molecule has 2 aromatic rings. The average Bonchev–Trinajstić information content (AvgIpc) is 2.47. The second-order valence-corrected chi connectivity index (χ2v) is 4.09. The van der Waals surface area contributed by atoms with Crippen LogP contribution in [0, 0.1) is 9.81 Å². The normalized spacial score (nSPS) is 10.3. The van der Waals surface area contributed by atoms with Crippen LogP contribution >= 0.6 is 0 Å². The summed E-state index contributed by atoms with van der Waals surface area (Å²) in [6, 6.07) is 14.3. The molecule has 18 heavy (non-hydrogen) atoms. The molecule has 0 fully saturated rings. The first-order valence-electron chi connectivity index (χ1n) is 5.61. The van der Waals surface area contributed by atoms with Gasteiger partial charge in [-0.3, -0.25) is 0 Å². The molecule has 0 unspecified atom stereocenters. The van der Waals surface area contributed by atoms with Gasteiger partial charge in [-0.05, 0) is 45.7 Å². The van der Waals surface area contributed by atoms with Gasteiger partial charge >= 0.3 is 0 Å². The van der Waals surface area contributed by atoms with E-state index in [-0.39, 0.29) is 5.92 Å². The summed E-state index contributed by atoms with van der Waals surface area (Å²) in [5.41, 5.74) is 3.03. The van der Waals surface area contributed by atoms with Crippen molar-refractivity contribution in [2.24, 2.45) is 10.4 Å². The molecule has 0 atom stereocenters. The van der Waals surface area contributed by atoms with Crippen LogP contribution in [0.1, 0.15) is 24.0 Å². The minimum Gasteiger partial charge on any atom is -0.145 e. The Labute approximate surface area is 105 Å². The summed E-state index contributed by atoms with van der Waals surface area (Å²) in [6.07, 6.45) is 0. The Morgan fingerprint density at radius 1 is 0.722 bits per heavy atom. The summed E-state index contributed by atoms with van der Waals surface area (Å²) in [5, 5.41) is 5.74. The van der Waals surface area contributed by atoms with Gasteiger partial charge in [-0.25, -0.2) is 0 Å². The van der Waals surface area contributed by atoms with Crippen LogP contribution in [0.3, 0.4) is 0 Å². The van der Waals surface area contributed by atoms with Gasteiger partial charge in [-0.1, -0.05) is 31.2 Å². The molecular weight excluding hydrogens is 228 g/mol. The highest BCUT2D eigenvalue weighted by Gasteiger charge is 2.08. The second-order valence-electron chi connectivity index (χ2n) is 4.09. The van der Waals surface area contributed by atoms with E-state index in [1.807, 2.05) is 24.3 Å². The quantitative estimate of drug-likeness (QED) is 0.731. The van der Waals surface area contributed by atoms with Gasteiger partial charge in [0.25, 0.3) is 0 Å². The van der Waals surface area contributed by atoms with Crippen molar-refractivity contribution in [1.29, 1.82) is 0 Å². The fourth-order valence-electron chi connectivity index (χ4n) is 1.84. The molecule has 0 radical (unpaired) electrons. The molecule has 0 spiro atoms. The molecule has 0 saturated heterocycles. The molecular formula is C14H12N2O2. The topological polar surface area (TPSA) is 58.9 Å². The molecule has 0 aliphatic rings. The fraction of sp³-hybridized carbons (Fsp3) is 0.143. The van der Waals surface area contributed by atoms with Crippen LogP contribution in [-0.4, -0.2) is 0 Å². The Hall–Kier alpha value is -2.36. The van der Waals surface area contributed by atoms with Crippen LogP contribution in [0.5, 0.6) is 0 Å². The average molecular weight is 240 g/mol. The third-order valence-corrected chi connectivity index (χ3v) is 3.00. The van der Waals surface area contributed by atoms with E-state index in [9.17, 15) is 9.81 Å². The van der Waals surface area contributed by atoms with Gasteiger partial charge in [-0.15, -0.1) is 9.81 Å². The predicted octanol–water partition coefficient (Wildman–Crippen LogP) is 4.63. The van der Waals surface area contributed by atoms with Crippen LogP contribution in [0.2, 0.25) is 0 Å². The highest BCUT2D eigenvalue weighted by atomic mass is 16.3. The molecule has 0 heterocycles. The molecule has 0 amide bonds. The summed E-state index contributed by atoms with van der Waals surface area (Å²) >= 11 is 0. The molecule has 2 rings (SSSR count). The molecule has 0 saturated carbocycles. The van der Waals surface area contributed by atoms with E-state index in [2.05, 4.69) is 17.3 Å². The van der Waals surface area contributed by atoms with Gasteiger partial charge in [0.15, 0.2) is 0 Å². The lowest BCUT2D eigenvalue weighted by atomic mass is 9.93. The zero-order valence-corrected chi connectivity index (χ0v) is 9.91. The zero-order chi connectivity index (χ0) is 13.0. The molecule has 0 bridgehead atoms. The minimum atomic E-state index is 0.186. The van der Waals surface area contributed by atoms with Crippen LogP contribution in [0.15, 0.2) is 58.9 Å². The van der Waals surface area contributed by atoms with E-state index in [0.29, 0.717) is 11.4 Å². The number of hydrogen-bond donors (Lipinski definition) is 0. The van der Waals surface area contributed by atoms with Gasteiger partial charge < -0.3 is 0 Å². The molecule has 0 aromatic heterocycles. The standard InChI is InChI=1S/C14H12N2O2/c1-10(11-2-6-13(15-17)7-3-11)12-4-8-14(16-18)9-5-12/h2-10H,1H3. The van der Waals surface area contributed by atoms with Crippen molar-refractivity contribution in [2.45, 2.75) is 12.8 Å². The lowest BCUT2D eigenvalue weighted by Crippen LogP contribution is -1.94. The first-order valence-corrected chi connectivity index (χ1v) is 5.61. The summed E-state index contributed by atoms with van der Waals surface area (Å²) in [5.74, 6) is 0.186. The number of hydrogen-bond acceptors (Lipinski definition) is 4. The first kappa shape index (κ1) is 12.1. The summed E-state index contributed by atoms with van der Waals surface area (Å²) in [6.45, 7) is 2.06. The van der Waals surface area contributed by atoms with Gasteiger partial charge in [-0.2, -0.15) is 0 Å². The third kappa shape index (κ3) is 2.48. The van der Waals surface area contributed by atoms with Crippen LogP contribution < -0.4 is 0 Å². The lowest BCUT2D eigenvalue weighted by molar-refractivity contribution is 0.922. The SMILES string of the molecule is CC(c1ccc(N=O)cc1)c1ccc(N=O)cc1. The maximum absolute atomic E-state index is 10.3. The zero-order valence-electron chi connectivity index (χ0n) is 9.91. The maximum atomic E-state index is 10.3. The fourth-order valence-corrected chi connectivity index (χ4v) is 1.84. The molecule has 0 aliphatic heterocycles. The number of benzene rings is 2. The van der Waals surface area contributed by atoms with Crippen LogP contribution in [-0.2, 0) is 0 Å². The Morgan fingerprint density at radius 3 is 1.33 bits per heavy atom. The minimum absolute atomic E-state index is 0.186. The van der Waals surface area contributed by atoms with Crippen LogP contribution in [0.4, 0.5) is 11.4 Å². The second kappa shape index (κ2) is 5.31. The van der Waals surface area contributed by atoms with Crippen molar-refractivity contribution in [2.75, 3.05) is 0 Å². The van der Waals surface area contributed by atoms with Gasteiger partial charge in [0, 0.05) is 5.92 Å². The van der Waals surface area contributed by atoms with E-state index >= 15 is 0 Å². The largest absolute Gasteiger partial charge is 0.145 e.